The molecule has 1 fully saturated rings. The molecule has 116 valence electrons. The van der Waals surface area contributed by atoms with Crippen LogP contribution in [-0.2, 0) is 6.54 Å². The molecule has 0 spiro atoms. The van der Waals surface area contributed by atoms with Crippen molar-refractivity contribution in [1.29, 1.82) is 0 Å². The van der Waals surface area contributed by atoms with Gasteiger partial charge in [0, 0.05) is 30.6 Å². The van der Waals surface area contributed by atoms with Gasteiger partial charge in [-0.15, -0.1) is 0 Å². The van der Waals surface area contributed by atoms with Gasteiger partial charge < -0.3 is 5.32 Å². The van der Waals surface area contributed by atoms with Gasteiger partial charge in [0.25, 0.3) is 0 Å². The van der Waals surface area contributed by atoms with E-state index in [1.54, 1.807) is 0 Å². The second kappa shape index (κ2) is 7.28. The average Bonchev–Trinajstić information content (AvgIpc) is 2.92. The van der Waals surface area contributed by atoms with Crippen LogP contribution in [-0.4, -0.2) is 31.6 Å². The Morgan fingerprint density at radius 1 is 1.05 bits per heavy atom. The fourth-order valence-corrected chi connectivity index (χ4v) is 3.61. The van der Waals surface area contributed by atoms with Gasteiger partial charge in [-0.05, 0) is 42.8 Å². The summed E-state index contributed by atoms with van der Waals surface area (Å²) < 4.78 is 0. The molecule has 22 heavy (non-hydrogen) atoms. The van der Waals surface area contributed by atoms with E-state index in [0.29, 0.717) is 11.8 Å². The van der Waals surface area contributed by atoms with Crippen molar-refractivity contribution in [2.24, 2.45) is 5.92 Å². The van der Waals surface area contributed by atoms with Crippen LogP contribution in [0.1, 0.15) is 17.0 Å². The standard InChI is InChI=1S/C19H23ClN2/c1-21-11-17-13-22(12-15-5-3-2-4-6-15)14-19(17)16-7-9-18(20)10-8-16/h2-10,17,19,21H,11-14H2,1H3/t17-,19+/m1/s1. The van der Waals surface area contributed by atoms with E-state index in [1.807, 2.05) is 19.2 Å². The van der Waals surface area contributed by atoms with E-state index in [0.717, 1.165) is 31.2 Å². The third-order valence-corrected chi connectivity index (χ3v) is 4.78. The van der Waals surface area contributed by atoms with E-state index in [-0.39, 0.29) is 0 Å². The van der Waals surface area contributed by atoms with Crippen LogP contribution < -0.4 is 5.32 Å². The first-order valence-corrected chi connectivity index (χ1v) is 8.30. The molecule has 1 heterocycles. The number of hydrogen-bond acceptors (Lipinski definition) is 2. The maximum atomic E-state index is 6.03. The highest BCUT2D eigenvalue weighted by molar-refractivity contribution is 6.30. The predicted molar refractivity (Wildman–Crippen MR) is 93.3 cm³/mol. The molecule has 0 saturated carbocycles. The maximum absolute atomic E-state index is 6.03. The van der Waals surface area contributed by atoms with Crippen molar-refractivity contribution in [2.45, 2.75) is 12.5 Å². The van der Waals surface area contributed by atoms with Gasteiger partial charge in [0.1, 0.15) is 0 Å². The molecule has 1 N–H and O–H groups in total. The van der Waals surface area contributed by atoms with Crippen LogP contribution in [0.15, 0.2) is 54.6 Å². The van der Waals surface area contributed by atoms with Crippen LogP contribution in [0.2, 0.25) is 5.02 Å². The summed E-state index contributed by atoms with van der Waals surface area (Å²) in [6, 6.07) is 19.1. The summed E-state index contributed by atoms with van der Waals surface area (Å²) >= 11 is 6.03. The minimum Gasteiger partial charge on any atom is -0.319 e. The zero-order chi connectivity index (χ0) is 15.4. The van der Waals surface area contributed by atoms with Crippen molar-refractivity contribution < 1.29 is 0 Å². The lowest BCUT2D eigenvalue weighted by Gasteiger charge is -2.18. The summed E-state index contributed by atoms with van der Waals surface area (Å²) in [5, 5.41) is 4.17. The molecule has 0 aliphatic carbocycles. The third-order valence-electron chi connectivity index (χ3n) is 4.53. The molecule has 0 aromatic heterocycles. The first kappa shape index (κ1) is 15.5. The van der Waals surface area contributed by atoms with Crippen molar-refractivity contribution in [3.8, 4) is 0 Å². The molecule has 0 amide bonds. The van der Waals surface area contributed by atoms with Gasteiger partial charge in [0.05, 0.1) is 0 Å². The lowest BCUT2D eigenvalue weighted by Crippen LogP contribution is -2.25. The van der Waals surface area contributed by atoms with Gasteiger partial charge in [-0.2, -0.15) is 0 Å². The number of likely N-dealkylation sites (tertiary alicyclic amines) is 1. The molecule has 1 aliphatic heterocycles. The number of nitrogens with zero attached hydrogens (tertiary/aromatic N) is 1. The number of rotatable bonds is 5. The first-order chi connectivity index (χ1) is 10.8. The molecule has 3 rings (SSSR count). The molecule has 3 heteroatoms. The van der Waals surface area contributed by atoms with Gasteiger partial charge in [0.2, 0.25) is 0 Å². The molecule has 0 bridgehead atoms. The fraction of sp³-hybridized carbons (Fsp3) is 0.368. The predicted octanol–water partition coefficient (Wildman–Crippen LogP) is 3.78. The first-order valence-electron chi connectivity index (χ1n) is 7.92. The van der Waals surface area contributed by atoms with Crippen LogP contribution in [0.25, 0.3) is 0 Å². The van der Waals surface area contributed by atoms with Crippen molar-refractivity contribution >= 4 is 11.6 Å². The highest BCUT2D eigenvalue weighted by atomic mass is 35.5. The fourth-order valence-electron chi connectivity index (χ4n) is 3.49. The zero-order valence-corrected chi connectivity index (χ0v) is 13.8. The van der Waals surface area contributed by atoms with Gasteiger partial charge in [-0.1, -0.05) is 54.1 Å². The van der Waals surface area contributed by atoms with Crippen LogP contribution in [0.3, 0.4) is 0 Å². The summed E-state index contributed by atoms with van der Waals surface area (Å²) in [7, 11) is 2.04. The number of halogens is 1. The second-order valence-electron chi connectivity index (χ2n) is 6.16. The highest BCUT2D eigenvalue weighted by Gasteiger charge is 2.33. The van der Waals surface area contributed by atoms with E-state index < -0.39 is 0 Å². The number of hydrogen-bond donors (Lipinski definition) is 1. The van der Waals surface area contributed by atoms with E-state index in [9.17, 15) is 0 Å². The van der Waals surface area contributed by atoms with Crippen molar-refractivity contribution in [3.63, 3.8) is 0 Å². The molecular formula is C19H23ClN2. The molecule has 1 aliphatic rings. The van der Waals surface area contributed by atoms with Gasteiger partial charge in [-0.3, -0.25) is 4.90 Å². The van der Waals surface area contributed by atoms with Crippen LogP contribution in [0.5, 0.6) is 0 Å². The van der Waals surface area contributed by atoms with E-state index in [4.69, 9.17) is 11.6 Å². The third kappa shape index (κ3) is 3.70. The normalized spacial score (nSPS) is 22.1. The molecule has 2 aromatic rings. The number of benzene rings is 2. The summed E-state index contributed by atoms with van der Waals surface area (Å²) in [6.45, 7) is 4.34. The van der Waals surface area contributed by atoms with E-state index in [1.165, 1.54) is 11.1 Å². The minimum absolute atomic E-state index is 0.577. The monoisotopic (exact) mass is 314 g/mol. The number of nitrogens with one attached hydrogen (secondary N) is 1. The van der Waals surface area contributed by atoms with Crippen molar-refractivity contribution in [2.75, 3.05) is 26.7 Å². The Labute approximate surface area is 138 Å². The molecule has 1 saturated heterocycles. The summed E-state index contributed by atoms with van der Waals surface area (Å²) in [5.41, 5.74) is 2.79. The molecular weight excluding hydrogens is 292 g/mol. The Balaban J connectivity index is 1.73. The smallest absolute Gasteiger partial charge is 0.0406 e. The quantitative estimate of drug-likeness (QED) is 0.903. The van der Waals surface area contributed by atoms with E-state index in [2.05, 4.69) is 52.7 Å². The SMILES string of the molecule is CNC[C@@H]1CN(Cc2ccccc2)C[C@H]1c1ccc(Cl)cc1. The Hall–Kier alpha value is -1.35. The molecule has 2 atom stereocenters. The lowest BCUT2D eigenvalue weighted by atomic mass is 9.89. The lowest BCUT2D eigenvalue weighted by molar-refractivity contribution is 0.315. The average molecular weight is 315 g/mol. The Kier molecular flexibility index (Phi) is 5.14. The minimum atomic E-state index is 0.577. The Morgan fingerprint density at radius 3 is 2.45 bits per heavy atom. The highest BCUT2D eigenvalue weighted by Crippen LogP contribution is 2.33. The Morgan fingerprint density at radius 2 is 1.77 bits per heavy atom. The largest absolute Gasteiger partial charge is 0.319 e. The zero-order valence-electron chi connectivity index (χ0n) is 13.0. The van der Waals surface area contributed by atoms with Crippen LogP contribution >= 0.6 is 11.6 Å². The molecule has 2 nitrogen and oxygen atoms in total. The molecule has 0 radical (unpaired) electrons. The second-order valence-corrected chi connectivity index (χ2v) is 6.59. The maximum Gasteiger partial charge on any atom is 0.0406 e. The molecule has 0 unspecified atom stereocenters. The summed E-state index contributed by atoms with van der Waals surface area (Å²) in [5.74, 6) is 1.23. The topological polar surface area (TPSA) is 15.3 Å². The van der Waals surface area contributed by atoms with Gasteiger partial charge in [0.15, 0.2) is 0 Å². The van der Waals surface area contributed by atoms with Gasteiger partial charge in [-0.25, -0.2) is 0 Å². The van der Waals surface area contributed by atoms with Gasteiger partial charge >= 0.3 is 0 Å². The Bertz CT molecular complexity index is 582. The van der Waals surface area contributed by atoms with Crippen molar-refractivity contribution in [3.05, 3.63) is 70.7 Å². The summed E-state index contributed by atoms with van der Waals surface area (Å²) in [6.07, 6.45) is 0. The molecule has 2 aromatic carbocycles. The van der Waals surface area contributed by atoms with Crippen LogP contribution in [0.4, 0.5) is 0 Å². The van der Waals surface area contributed by atoms with Crippen LogP contribution in [0, 0.1) is 5.92 Å². The van der Waals surface area contributed by atoms with E-state index >= 15 is 0 Å². The summed E-state index contributed by atoms with van der Waals surface area (Å²) in [4.78, 5) is 2.57. The van der Waals surface area contributed by atoms with Crippen molar-refractivity contribution in [1.82, 2.24) is 10.2 Å².